The summed E-state index contributed by atoms with van der Waals surface area (Å²) in [5, 5.41) is 0. The molecule has 0 aromatic heterocycles. The van der Waals surface area contributed by atoms with E-state index in [1.54, 1.807) is 4.90 Å². The molecule has 1 heterocycles. The summed E-state index contributed by atoms with van der Waals surface area (Å²) in [6, 6.07) is 7.90. The van der Waals surface area contributed by atoms with Crippen molar-refractivity contribution >= 4 is 27.8 Å². The van der Waals surface area contributed by atoms with E-state index in [1.165, 1.54) is 7.11 Å². The van der Waals surface area contributed by atoms with Crippen molar-refractivity contribution in [3.63, 3.8) is 0 Å². The summed E-state index contributed by atoms with van der Waals surface area (Å²) in [5.74, 6) is -0.397. The number of carbonyl (C=O) groups excluding carboxylic acids is 2. The van der Waals surface area contributed by atoms with Gasteiger partial charge in [0.25, 0.3) is 0 Å². The average molecular weight is 356 g/mol. The van der Waals surface area contributed by atoms with Gasteiger partial charge in [0.2, 0.25) is 5.91 Å². The zero-order valence-corrected chi connectivity index (χ0v) is 13.5. The van der Waals surface area contributed by atoms with Crippen LogP contribution in [0.4, 0.5) is 0 Å². The van der Waals surface area contributed by atoms with Crippen molar-refractivity contribution in [3.8, 4) is 0 Å². The van der Waals surface area contributed by atoms with E-state index in [2.05, 4.69) is 20.7 Å². The highest BCUT2D eigenvalue weighted by molar-refractivity contribution is 9.10. The second-order valence-electron chi connectivity index (χ2n) is 4.85. The SMILES string of the molecule is COC(=O)C1CN(C(=O)CCc2cccc(Br)c2)CCO1. The van der Waals surface area contributed by atoms with Crippen LogP contribution >= 0.6 is 15.9 Å². The lowest BCUT2D eigenvalue weighted by Gasteiger charge is -2.31. The molecule has 1 aromatic carbocycles. The van der Waals surface area contributed by atoms with Crippen LogP contribution in [0.2, 0.25) is 0 Å². The van der Waals surface area contributed by atoms with Crippen molar-refractivity contribution < 1.29 is 19.1 Å². The van der Waals surface area contributed by atoms with Gasteiger partial charge >= 0.3 is 5.97 Å². The molecule has 0 aliphatic carbocycles. The molecule has 6 heteroatoms. The van der Waals surface area contributed by atoms with Crippen LogP contribution < -0.4 is 0 Å². The normalized spacial score (nSPS) is 18.4. The lowest BCUT2D eigenvalue weighted by atomic mass is 10.1. The van der Waals surface area contributed by atoms with Crippen LogP contribution in [0.5, 0.6) is 0 Å². The summed E-state index contributed by atoms with van der Waals surface area (Å²) >= 11 is 3.41. The van der Waals surface area contributed by atoms with Gasteiger partial charge in [0.05, 0.1) is 20.3 Å². The molecule has 1 unspecified atom stereocenters. The maximum absolute atomic E-state index is 12.2. The van der Waals surface area contributed by atoms with Crippen molar-refractivity contribution in [2.24, 2.45) is 0 Å². The Labute approximate surface area is 132 Å². The predicted octanol–water partition coefficient (Wildman–Crippen LogP) is 1.78. The fraction of sp³-hybridized carbons (Fsp3) is 0.467. The molecule has 21 heavy (non-hydrogen) atoms. The van der Waals surface area contributed by atoms with Gasteiger partial charge in [0.1, 0.15) is 0 Å². The maximum atomic E-state index is 12.2. The molecule has 1 amide bonds. The van der Waals surface area contributed by atoms with Crippen LogP contribution in [0.1, 0.15) is 12.0 Å². The van der Waals surface area contributed by atoms with Crippen LogP contribution in [0.15, 0.2) is 28.7 Å². The van der Waals surface area contributed by atoms with E-state index in [0.29, 0.717) is 26.0 Å². The van der Waals surface area contributed by atoms with Crippen LogP contribution in [0, 0.1) is 0 Å². The number of ether oxygens (including phenoxy) is 2. The third-order valence-electron chi connectivity index (χ3n) is 3.40. The Kier molecular flexibility index (Phi) is 5.76. The quantitative estimate of drug-likeness (QED) is 0.772. The second kappa shape index (κ2) is 7.56. The number of morpholine rings is 1. The van der Waals surface area contributed by atoms with Gasteiger partial charge in [-0.15, -0.1) is 0 Å². The lowest BCUT2D eigenvalue weighted by Crippen LogP contribution is -2.48. The van der Waals surface area contributed by atoms with Gasteiger partial charge in [0.15, 0.2) is 6.10 Å². The zero-order valence-electron chi connectivity index (χ0n) is 11.9. The minimum atomic E-state index is -0.668. The van der Waals surface area contributed by atoms with E-state index in [4.69, 9.17) is 4.74 Å². The summed E-state index contributed by atoms with van der Waals surface area (Å²) in [6.45, 7) is 1.15. The molecule has 1 fully saturated rings. The molecule has 2 rings (SSSR count). The first-order valence-corrected chi connectivity index (χ1v) is 7.61. The van der Waals surface area contributed by atoms with Crippen molar-refractivity contribution in [1.82, 2.24) is 4.90 Å². The van der Waals surface area contributed by atoms with Gasteiger partial charge in [-0.25, -0.2) is 4.79 Å². The molecule has 1 atom stereocenters. The fourth-order valence-corrected chi connectivity index (χ4v) is 2.70. The molecule has 1 aliphatic heterocycles. The molecule has 1 aliphatic rings. The highest BCUT2D eigenvalue weighted by Crippen LogP contribution is 2.14. The summed E-state index contributed by atoms with van der Waals surface area (Å²) in [7, 11) is 1.32. The number of esters is 1. The smallest absolute Gasteiger partial charge is 0.336 e. The highest BCUT2D eigenvalue weighted by Gasteiger charge is 2.29. The minimum absolute atomic E-state index is 0.0344. The summed E-state index contributed by atoms with van der Waals surface area (Å²) < 4.78 is 11.0. The number of halogens is 1. The van der Waals surface area contributed by atoms with E-state index >= 15 is 0 Å². The third kappa shape index (κ3) is 4.54. The summed E-state index contributed by atoms with van der Waals surface area (Å²) in [4.78, 5) is 25.4. The molecule has 0 radical (unpaired) electrons. The van der Waals surface area contributed by atoms with E-state index in [0.717, 1.165) is 10.0 Å². The van der Waals surface area contributed by atoms with Gasteiger partial charge in [0, 0.05) is 17.4 Å². The van der Waals surface area contributed by atoms with E-state index in [-0.39, 0.29) is 12.5 Å². The Morgan fingerprint density at radius 3 is 3.00 bits per heavy atom. The van der Waals surface area contributed by atoms with Gasteiger partial charge < -0.3 is 14.4 Å². The van der Waals surface area contributed by atoms with E-state index < -0.39 is 12.1 Å². The monoisotopic (exact) mass is 355 g/mol. The lowest BCUT2D eigenvalue weighted by molar-refractivity contribution is -0.162. The molecule has 1 saturated heterocycles. The first-order valence-electron chi connectivity index (χ1n) is 6.82. The number of amides is 1. The Bertz CT molecular complexity index is 520. The van der Waals surface area contributed by atoms with Gasteiger partial charge in [-0.3, -0.25) is 4.79 Å². The van der Waals surface area contributed by atoms with Gasteiger partial charge in [-0.05, 0) is 24.1 Å². The minimum Gasteiger partial charge on any atom is -0.467 e. The molecule has 1 aromatic rings. The largest absolute Gasteiger partial charge is 0.467 e. The zero-order chi connectivity index (χ0) is 15.2. The molecule has 114 valence electrons. The van der Waals surface area contributed by atoms with Gasteiger partial charge in [-0.1, -0.05) is 28.1 Å². The van der Waals surface area contributed by atoms with Crippen molar-refractivity contribution in [2.45, 2.75) is 18.9 Å². The fourth-order valence-electron chi connectivity index (χ4n) is 2.25. The number of nitrogens with zero attached hydrogens (tertiary/aromatic N) is 1. The Balaban J connectivity index is 1.86. The molecule has 0 N–H and O–H groups in total. The Morgan fingerprint density at radius 1 is 1.48 bits per heavy atom. The number of aryl methyl sites for hydroxylation is 1. The van der Waals surface area contributed by atoms with Crippen LogP contribution in [0.25, 0.3) is 0 Å². The summed E-state index contributed by atoms with van der Waals surface area (Å²) in [6.07, 6.45) is 0.432. The first kappa shape index (κ1) is 16.0. The number of methoxy groups -OCH3 is 1. The standard InChI is InChI=1S/C15H18BrNO4/c1-20-15(19)13-10-17(7-8-21-13)14(18)6-5-11-3-2-4-12(16)9-11/h2-4,9,13H,5-8,10H2,1H3. The predicted molar refractivity (Wildman–Crippen MR) is 80.8 cm³/mol. The molecule has 0 saturated carbocycles. The van der Waals surface area contributed by atoms with Gasteiger partial charge in [-0.2, -0.15) is 0 Å². The topological polar surface area (TPSA) is 55.8 Å². The molecular weight excluding hydrogens is 338 g/mol. The molecular formula is C15H18BrNO4. The average Bonchev–Trinajstić information content (AvgIpc) is 2.52. The third-order valence-corrected chi connectivity index (χ3v) is 3.89. The maximum Gasteiger partial charge on any atom is 0.336 e. The first-order chi connectivity index (χ1) is 10.1. The summed E-state index contributed by atoms with van der Waals surface area (Å²) in [5.41, 5.74) is 1.11. The number of hydrogen-bond donors (Lipinski definition) is 0. The molecule has 5 nitrogen and oxygen atoms in total. The number of rotatable bonds is 4. The Hall–Kier alpha value is -1.40. The Morgan fingerprint density at radius 2 is 2.29 bits per heavy atom. The van der Waals surface area contributed by atoms with Crippen molar-refractivity contribution in [3.05, 3.63) is 34.3 Å². The highest BCUT2D eigenvalue weighted by atomic mass is 79.9. The van der Waals surface area contributed by atoms with Crippen LogP contribution in [-0.2, 0) is 25.5 Å². The van der Waals surface area contributed by atoms with E-state index in [9.17, 15) is 9.59 Å². The second-order valence-corrected chi connectivity index (χ2v) is 5.77. The number of carbonyl (C=O) groups is 2. The van der Waals surface area contributed by atoms with Crippen molar-refractivity contribution in [1.29, 1.82) is 0 Å². The van der Waals surface area contributed by atoms with Crippen LogP contribution in [0.3, 0.4) is 0 Å². The van der Waals surface area contributed by atoms with Crippen LogP contribution in [-0.4, -0.2) is 49.7 Å². The molecule has 0 spiro atoms. The number of benzene rings is 1. The van der Waals surface area contributed by atoms with E-state index in [1.807, 2.05) is 24.3 Å². The molecule has 0 bridgehead atoms. The number of hydrogen-bond acceptors (Lipinski definition) is 4. The van der Waals surface area contributed by atoms with Crippen molar-refractivity contribution in [2.75, 3.05) is 26.8 Å².